The average molecular weight is 174 g/mol. The van der Waals surface area contributed by atoms with Crippen LogP contribution < -0.4 is 10.6 Å². The fourth-order valence-electron chi connectivity index (χ4n) is 1.70. The Kier molecular flexibility index (Phi) is 2.13. The van der Waals surface area contributed by atoms with Crippen LogP contribution in [0, 0.1) is 0 Å². The summed E-state index contributed by atoms with van der Waals surface area (Å²) in [4.78, 5) is 8.59. The van der Waals surface area contributed by atoms with Gasteiger partial charge < -0.3 is 0 Å². The first-order valence-corrected chi connectivity index (χ1v) is 4.80. The highest BCUT2D eigenvalue weighted by Crippen LogP contribution is 2.05. The van der Waals surface area contributed by atoms with E-state index in [1.165, 1.54) is 10.9 Å². The molecule has 0 bridgehead atoms. The zero-order chi connectivity index (χ0) is 9.26. The monoisotopic (exact) mass is 174 g/mol. The van der Waals surface area contributed by atoms with E-state index in [4.69, 9.17) is 0 Å². The maximum atomic E-state index is 4.33. The van der Waals surface area contributed by atoms with Gasteiger partial charge >= 0.3 is 0 Å². The predicted molar refractivity (Wildman–Crippen MR) is 53.5 cm³/mol. The van der Waals surface area contributed by atoms with Crippen LogP contribution in [0.2, 0.25) is 0 Å². The largest absolute Gasteiger partial charge is 0.240 e. The van der Waals surface area contributed by atoms with E-state index in [9.17, 15) is 0 Å². The maximum Gasteiger partial charge on any atom is 0.116 e. The average Bonchev–Trinajstić information content (AvgIpc) is 2.17. The number of rotatable bonds is 1. The molecule has 0 radical (unpaired) electrons. The molecule has 2 nitrogen and oxygen atoms in total. The molecule has 2 rings (SSSR count). The second kappa shape index (κ2) is 3.29. The first-order chi connectivity index (χ1) is 6.29. The van der Waals surface area contributed by atoms with Crippen molar-refractivity contribution in [1.29, 1.82) is 0 Å². The fourth-order valence-corrected chi connectivity index (χ4v) is 1.70. The van der Waals surface area contributed by atoms with Crippen LogP contribution in [0.3, 0.4) is 0 Å². The summed E-state index contributed by atoms with van der Waals surface area (Å²) in [5.74, 6) is 0.486. The Morgan fingerprint density at radius 3 is 2.69 bits per heavy atom. The maximum absolute atomic E-state index is 4.33. The molecule has 1 aliphatic carbocycles. The van der Waals surface area contributed by atoms with Crippen LogP contribution in [0.15, 0.2) is 6.33 Å². The standard InChI is InChI=1S/C11H14N2/c1-8(2)11-9-5-3-4-6-10(9)12-7-13-11/h5-8H,3-4H2,1-2H3. The molecule has 0 aromatic carbocycles. The smallest absolute Gasteiger partial charge is 0.116 e. The van der Waals surface area contributed by atoms with E-state index in [2.05, 4.69) is 36.0 Å². The summed E-state index contributed by atoms with van der Waals surface area (Å²) in [6, 6.07) is 0. The van der Waals surface area contributed by atoms with Crippen LogP contribution in [0.1, 0.15) is 38.3 Å². The van der Waals surface area contributed by atoms with Crippen LogP contribution in [0.5, 0.6) is 0 Å². The summed E-state index contributed by atoms with van der Waals surface area (Å²) in [7, 11) is 0. The van der Waals surface area contributed by atoms with Gasteiger partial charge in [-0.25, -0.2) is 9.97 Å². The van der Waals surface area contributed by atoms with Crippen LogP contribution in [-0.2, 0) is 0 Å². The Labute approximate surface area is 78.0 Å². The third-order valence-electron chi connectivity index (χ3n) is 2.35. The third kappa shape index (κ3) is 1.48. The predicted octanol–water partition coefficient (Wildman–Crippen LogP) is 0.955. The minimum absolute atomic E-state index is 0.486. The van der Waals surface area contributed by atoms with Gasteiger partial charge in [-0.1, -0.05) is 26.0 Å². The molecule has 13 heavy (non-hydrogen) atoms. The van der Waals surface area contributed by atoms with Crippen molar-refractivity contribution >= 4 is 12.2 Å². The summed E-state index contributed by atoms with van der Waals surface area (Å²) < 4.78 is 0. The molecule has 1 aromatic heterocycles. The van der Waals surface area contributed by atoms with Crippen LogP contribution in [-0.4, -0.2) is 9.97 Å². The van der Waals surface area contributed by atoms with E-state index in [0.717, 1.165) is 18.2 Å². The molecule has 0 atom stereocenters. The molecule has 0 N–H and O–H groups in total. The van der Waals surface area contributed by atoms with Gasteiger partial charge in [-0.2, -0.15) is 0 Å². The molecule has 1 aliphatic rings. The van der Waals surface area contributed by atoms with Gasteiger partial charge in [0, 0.05) is 5.22 Å². The Bertz CT molecular complexity index is 418. The van der Waals surface area contributed by atoms with Crippen molar-refractivity contribution in [2.75, 3.05) is 0 Å². The summed E-state index contributed by atoms with van der Waals surface area (Å²) in [6.07, 6.45) is 8.36. The Morgan fingerprint density at radius 2 is 1.92 bits per heavy atom. The quantitative estimate of drug-likeness (QED) is 0.633. The number of hydrogen-bond donors (Lipinski definition) is 0. The topological polar surface area (TPSA) is 25.8 Å². The van der Waals surface area contributed by atoms with Gasteiger partial charge in [0.25, 0.3) is 0 Å². The molecule has 0 saturated carbocycles. The molecule has 1 heterocycles. The van der Waals surface area contributed by atoms with Crippen LogP contribution >= 0.6 is 0 Å². The molecule has 0 amide bonds. The second-order valence-corrected chi connectivity index (χ2v) is 3.70. The van der Waals surface area contributed by atoms with Crippen molar-refractivity contribution in [2.45, 2.75) is 32.6 Å². The van der Waals surface area contributed by atoms with Crippen molar-refractivity contribution < 1.29 is 0 Å². The highest BCUT2D eigenvalue weighted by Gasteiger charge is 2.05. The van der Waals surface area contributed by atoms with E-state index in [-0.39, 0.29) is 0 Å². The number of nitrogens with zero attached hydrogens (tertiary/aromatic N) is 2. The molecule has 0 saturated heterocycles. The zero-order valence-electron chi connectivity index (χ0n) is 8.12. The molecule has 0 aliphatic heterocycles. The molecular weight excluding hydrogens is 160 g/mol. The Morgan fingerprint density at radius 1 is 1.15 bits per heavy atom. The molecule has 0 spiro atoms. The molecular formula is C11H14N2. The van der Waals surface area contributed by atoms with Crippen LogP contribution in [0.4, 0.5) is 0 Å². The van der Waals surface area contributed by atoms with Gasteiger partial charge in [0.2, 0.25) is 0 Å². The van der Waals surface area contributed by atoms with Crippen molar-refractivity contribution in [1.82, 2.24) is 9.97 Å². The normalized spacial score (nSPS) is 14.7. The Balaban J connectivity index is 2.74. The van der Waals surface area contributed by atoms with Gasteiger partial charge in [-0.05, 0) is 18.8 Å². The molecule has 0 fully saturated rings. The van der Waals surface area contributed by atoms with E-state index in [1.807, 2.05) is 0 Å². The molecule has 1 aromatic rings. The van der Waals surface area contributed by atoms with Crippen molar-refractivity contribution in [3.63, 3.8) is 0 Å². The number of aromatic nitrogens is 2. The van der Waals surface area contributed by atoms with Gasteiger partial charge in [0.05, 0.1) is 11.0 Å². The van der Waals surface area contributed by atoms with E-state index < -0.39 is 0 Å². The third-order valence-corrected chi connectivity index (χ3v) is 2.35. The second-order valence-electron chi connectivity index (χ2n) is 3.70. The highest BCUT2D eigenvalue weighted by atomic mass is 14.8. The lowest BCUT2D eigenvalue weighted by Crippen LogP contribution is -2.34. The van der Waals surface area contributed by atoms with Crippen molar-refractivity contribution in [3.05, 3.63) is 22.6 Å². The summed E-state index contributed by atoms with van der Waals surface area (Å²) >= 11 is 0. The van der Waals surface area contributed by atoms with E-state index >= 15 is 0 Å². The van der Waals surface area contributed by atoms with E-state index in [0.29, 0.717) is 5.92 Å². The van der Waals surface area contributed by atoms with Gasteiger partial charge in [-0.15, -0.1) is 0 Å². The Hall–Kier alpha value is -1.18. The van der Waals surface area contributed by atoms with Crippen molar-refractivity contribution in [3.8, 4) is 0 Å². The highest BCUT2D eigenvalue weighted by molar-refractivity contribution is 5.37. The van der Waals surface area contributed by atoms with Crippen molar-refractivity contribution in [2.24, 2.45) is 0 Å². The molecule has 0 unspecified atom stereocenters. The minimum Gasteiger partial charge on any atom is -0.240 e. The first kappa shape index (κ1) is 8.42. The van der Waals surface area contributed by atoms with Gasteiger partial charge in [0.15, 0.2) is 0 Å². The molecule has 2 heteroatoms. The SMILES string of the molecule is CC(C)c1ncnc2c1=CCCC=2. The van der Waals surface area contributed by atoms with Crippen LogP contribution in [0.25, 0.3) is 12.2 Å². The zero-order valence-corrected chi connectivity index (χ0v) is 8.12. The van der Waals surface area contributed by atoms with Gasteiger partial charge in [0.1, 0.15) is 6.33 Å². The summed E-state index contributed by atoms with van der Waals surface area (Å²) in [5, 5.41) is 2.37. The lowest BCUT2D eigenvalue weighted by Gasteiger charge is -2.07. The lowest BCUT2D eigenvalue weighted by molar-refractivity contribution is 0.794. The number of hydrogen-bond acceptors (Lipinski definition) is 2. The fraction of sp³-hybridized carbons (Fsp3) is 0.455. The first-order valence-electron chi connectivity index (χ1n) is 4.80. The molecule has 68 valence electrons. The number of fused-ring (bicyclic) bond motifs is 1. The minimum atomic E-state index is 0.486. The van der Waals surface area contributed by atoms with Gasteiger partial charge in [-0.3, -0.25) is 0 Å². The summed E-state index contributed by atoms with van der Waals surface area (Å²) in [6.45, 7) is 4.34. The summed E-state index contributed by atoms with van der Waals surface area (Å²) in [5.41, 5.74) is 1.18. The van der Waals surface area contributed by atoms with E-state index in [1.54, 1.807) is 6.33 Å². The lowest BCUT2D eigenvalue weighted by atomic mass is 10.0.